The van der Waals surface area contributed by atoms with Crippen molar-refractivity contribution in [1.29, 1.82) is 0 Å². The first-order valence-corrected chi connectivity index (χ1v) is 5.47. The Morgan fingerprint density at radius 3 is 3.06 bits per heavy atom. The summed E-state index contributed by atoms with van der Waals surface area (Å²) in [5.74, 6) is 0.880. The minimum Gasteiger partial charge on any atom is -0.345 e. The lowest BCUT2D eigenvalue weighted by molar-refractivity contribution is 0.998. The highest BCUT2D eigenvalue weighted by Crippen LogP contribution is 2.24. The second kappa shape index (κ2) is 3.71. The highest BCUT2D eigenvalue weighted by molar-refractivity contribution is 5.81. The molecule has 0 aliphatic rings. The monoisotopic (exact) mass is 227 g/mol. The molecule has 17 heavy (non-hydrogen) atoms. The molecular weight excluding hydrogens is 214 g/mol. The standard InChI is InChI=1S/C12H13N5/c1-7-16-11(5-13)12(17-7)8-2-3-9-10(4-8)15-6-14-9/h2-4,6H,5,13H2,1H3,(H,14,15)(H,16,17). The largest absolute Gasteiger partial charge is 0.345 e. The third-order valence-electron chi connectivity index (χ3n) is 2.79. The fourth-order valence-corrected chi connectivity index (χ4v) is 2.01. The van der Waals surface area contributed by atoms with Gasteiger partial charge in [0.05, 0.1) is 28.7 Å². The van der Waals surface area contributed by atoms with Crippen LogP contribution in [0, 0.1) is 6.92 Å². The molecule has 0 aliphatic carbocycles. The number of aryl methyl sites for hydroxylation is 1. The molecule has 0 atom stereocenters. The Morgan fingerprint density at radius 2 is 2.24 bits per heavy atom. The Balaban J connectivity index is 2.18. The van der Waals surface area contributed by atoms with Gasteiger partial charge in [-0.1, -0.05) is 6.07 Å². The summed E-state index contributed by atoms with van der Waals surface area (Å²) in [6.07, 6.45) is 1.69. The lowest BCUT2D eigenvalue weighted by Crippen LogP contribution is -1.98. The fourth-order valence-electron chi connectivity index (χ4n) is 2.01. The van der Waals surface area contributed by atoms with Gasteiger partial charge in [-0.2, -0.15) is 0 Å². The Kier molecular flexibility index (Phi) is 2.19. The summed E-state index contributed by atoms with van der Waals surface area (Å²) in [5.41, 5.74) is 10.6. The van der Waals surface area contributed by atoms with E-state index in [0.29, 0.717) is 6.54 Å². The zero-order valence-electron chi connectivity index (χ0n) is 9.49. The molecule has 3 aromatic rings. The van der Waals surface area contributed by atoms with E-state index in [1.807, 2.05) is 25.1 Å². The van der Waals surface area contributed by atoms with Crippen molar-refractivity contribution in [1.82, 2.24) is 19.9 Å². The topological polar surface area (TPSA) is 83.4 Å². The van der Waals surface area contributed by atoms with Crippen LogP contribution in [-0.2, 0) is 6.54 Å². The number of nitrogens with two attached hydrogens (primary N) is 1. The second-order valence-electron chi connectivity index (χ2n) is 3.99. The molecule has 0 unspecified atom stereocenters. The predicted molar refractivity (Wildman–Crippen MR) is 66.3 cm³/mol. The summed E-state index contributed by atoms with van der Waals surface area (Å²) in [7, 11) is 0. The van der Waals surface area contributed by atoms with Gasteiger partial charge in [-0.25, -0.2) is 9.97 Å². The third kappa shape index (κ3) is 1.60. The van der Waals surface area contributed by atoms with E-state index in [0.717, 1.165) is 33.8 Å². The van der Waals surface area contributed by atoms with E-state index in [2.05, 4.69) is 19.9 Å². The first-order chi connectivity index (χ1) is 8.28. The van der Waals surface area contributed by atoms with Crippen LogP contribution in [-0.4, -0.2) is 19.9 Å². The quantitative estimate of drug-likeness (QED) is 0.623. The van der Waals surface area contributed by atoms with Gasteiger partial charge in [0, 0.05) is 12.1 Å². The van der Waals surface area contributed by atoms with Gasteiger partial charge in [-0.05, 0) is 19.1 Å². The van der Waals surface area contributed by atoms with Crippen LogP contribution in [0.15, 0.2) is 24.5 Å². The molecule has 3 rings (SSSR count). The summed E-state index contributed by atoms with van der Waals surface area (Å²) in [4.78, 5) is 14.9. The number of aromatic amines is 2. The maximum atomic E-state index is 5.70. The van der Waals surface area contributed by atoms with E-state index in [1.54, 1.807) is 6.33 Å². The number of benzene rings is 1. The molecule has 2 heterocycles. The SMILES string of the molecule is Cc1nc(-c2ccc3nc[nH]c3c2)c(CN)[nH]1. The fraction of sp³-hybridized carbons (Fsp3) is 0.167. The number of rotatable bonds is 2. The normalized spacial score (nSPS) is 11.2. The maximum Gasteiger partial charge on any atom is 0.103 e. The van der Waals surface area contributed by atoms with Crippen LogP contribution in [0.2, 0.25) is 0 Å². The van der Waals surface area contributed by atoms with Gasteiger partial charge in [0.1, 0.15) is 5.82 Å². The minimum absolute atomic E-state index is 0.456. The highest BCUT2D eigenvalue weighted by Gasteiger charge is 2.10. The molecule has 0 spiro atoms. The number of aromatic nitrogens is 4. The highest BCUT2D eigenvalue weighted by atomic mass is 14.9. The summed E-state index contributed by atoms with van der Waals surface area (Å²) in [6.45, 7) is 2.38. The molecule has 2 aromatic heterocycles. The van der Waals surface area contributed by atoms with Crippen LogP contribution in [0.4, 0.5) is 0 Å². The van der Waals surface area contributed by atoms with E-state index in [1.165, 1.54) is 0 Å². The first kappa shape index (κ1) is 10.0. The molecule has 0 saturated carbocycles. The number of hydrogen-bond donors (Lipinski definition) is 3. The molecule has 0 amide bonds. The third-order valence-corrected chi connectivity index (χ3v) is 2.79. The molecule has 0 bridgehead atoms. The van der Waals surface area contributed by atoms with E-state index in [9.17, 15) is 0 Å². The van der Waals surface area contributed by atoms with Gasteiger partial charge in [-0.3, -0.25) is 0 Å². The van der Waals surface area contributed by atoms with Gasteiger partial charge in [-0.15, -0.1) is 0 Å². The maximum absolute atomic E-state index is 5.70. The van der Waals surface area contributed by atoms with Crippen molar-refractivity contribution in [2.45, 2.75) is 13.5 Å². The summed E-state index contributed by atoms with van der Waals surface area (Å²) >= 11 is 0. The van der Waals surface area contributed by atoms with Crippen LogP contribution in [0.25, 0.3) is 22.3 Å². The Bertz CT molecular complexity index is 664. The number of H-pyrrole nitrogens is 2. The van der Waals surface area contributed by atoms with Crippen molar-refractivity contribution in [3.05, 3.63) is 36.0 Å². The first-order valence-electron chi connectivity index (χ1n) is 5.47. The van der Waals surface area contributed by atoms with E-state index in [4.69, 9.17) is 5.73 Å². The zero-order valence-corrected chi connectivity index (χ0v) is 9.49. The van der Waals surface area contributed by atoms with Gasteiger partial charge in [0.15, 0.2) is 0 Å². The van der Waals surface area contributed by atoms with Crippen molar-refractivity contribution in [3.63, 3.8) is 0 Å². The summed E-state index contributed by atoms with van der Waals surface area (Å²) in [6, 6.07) is 6.03. The van der Waals surface area contributed by atoms with Gasteiger partial charge >= 0.3 is 0 Å². The van der Waals surface area contributed by atoms with Crippen LogP contribution < -0.4 is 5.73 Å². The molecule has 4 N–H and O–H groups in total. The smallest absolute Gasteiger partial charge is 0.103 e. The van der Waals surface area contributed by atoms with Crippen molar-refractivity contribution in [3.8, 4) is 11.3 Å². The Hall–Kier alpha value is -2.14. The van der Waals surface area contributed by atoms with Crippen molar-refractivity contribution >= 4 is 11.0 Å². The Morgan fingerprint density at radius 1 is 1.35 bits per heavy atom. The van der Waals surface area contributed by atoms with E-state index < -0.39 is 0 Å². The molecule has 86 valence electrons. The van der Waals surface area contributed by atoms with Crippen molar-refractivity contribution in [2.24, 2.45) is 5.73 Å². The lowest BCUT2D eigenvalue weighted by Gasteiger charge is -2.00. The number of imidazole rings is 2. The number of fused-ring (bicyclic) bond motifs is 1. The van der Waals surface area contributed by atoms with Crippen LogP contribution in [0.5, 0.6) is 0 Å². The zero-order chi connectivity index (χ0) is 11.8. The van der Waals surface area contributed by atoms with Gasteiger partial charge in [0.2, 0.25) is 0 Å². The predicted octanol–water partition coefficient (Wildman–Crippen LogP) is 1.72. The second-order valence-corrected chi connectivity index (χ2v) is 3.99. The minimum atomic E-state index is 0.456. The Labute approximate surface area is 98.1 Å². The molecule has 0 fully saturated rings. The molecule has 0 radical (unpaired) electrons. The van der Waals surface area contributed by atoms with Gasteiger partial charge in [0.25, 0.3) is 0 Å². The number of nitrogens with one attached hydrogen (secondary N) is 2. The van der Waals surface area contributed by atoms with Crippen molar-refractivity contribution < 1.29 is 0 Å². The average Bonchev–Trinajstić information content (AvgIpc) is 2.93. The summed E-state index contributed by atoms with van der Waals surface area (Å²) < 4.78 is 0. The van der Waals surface area contributed by atoms with Gasteiger partial charge < -0.3 is 15.7 Å². The van der Waals surface area contributed by atoms with Crippen molar-refractivity contribution in [2.75, 3.05) is 0 Å². The number of nitrogens with zero attached hydrogens (tertiary/aromatic N) is 2. The molecular formula is C12H13N5. The molecule has 0 aliphatic heterocycles. The summed E-state index contributed by atoms with van der Waals surface area (Å²) in [5, 5.41) is 0. The van der Waals surface area contributed by atoms with E-state index in [-0.39, 0.29) is 0 Å². The van der Waals surface area contributed by atoms with Crippen LogP contribution in [0.3, 0.4) is 0 Å². The molecule has 5 heteroatoms. The van der Waals surface area contributed by atoms with Crippen LogP contribution >= 0.6 is 0 Å². The van der Waals surface area contributed by atoms with Crippen LogP contribution in [0.1, 0.15) is 11.5 Å². The molecule has 5 nitrogen and oxygen atoms in total. The molecule has 1 aromatic carbocycles. The lowest BCUT2D eigenvalue weighted by atomic mass is 10.1. The van der Waals surface area contributed by atoms with E-state index >= 15 is 0 Å². The number of hydrogen-bond acceptors (Lipinski definition) is 3. The average molecular weight is 227 g/mol. The molecule has 0 saturated heterocycles.